The van der Waals surface area contributed by atoms with Crippen LogP contribution in [-0.4, -0.2) is 12.6 Å². The highest BCUT2D eigenvalue weighted by Crippen LogP contribution is 2.23. The van der Waals surface area contributed by atoms with Crippen LogP contribution < -0.4 is 9.47 Å². The van der Waals surface area contributed by atoms with Crippen LogP contribution in [0.15, 0.2) is 85.5 Å². The molecule has 0 saturated heterocycles. The van der Waals surface area contributed by atoms with Crippen molar-refractivity contribution in [3.63, 3.8) is 0 Å². The molecule has 3 aromatic carbocycles. The number of carbonyl (C=O) groups is 1. The third-order valence-corrected chi connectivity index (χ3v) is 5.58. The van der Waals surface area contributed by atoms with E-state index in [0.717, 1.165) is 42.6 Å². The Morgan fingerprint density at radius 2 is 1.42 bits per heavy atom. The van der Waals surface area contributed by atoms with E-state index >= 15 is 0 Å². The quantitative estimate of drug-likeness (QED) is 0.116. The van der Waals surface area contributed by atoms with Gasteiger partial charge in [0, 0.05) is 0 Å². The molecule has 0 aromatic heterocycles. The molecular weight excluding hydrogens is 408 g/mol. The van der Waals surface area contributed by atoms with Crippen LogP contribution in [0.3, 0.4) is 0 Å². The molecular formula is C30H34O3. The van der Waals surface area contributed by atoms with Gasteiger partial charge >= 0.3 is 5.97 Å². The van der Waals surface area contributed by atoms with E-state index in [4.69, 9.17) is 9.47 Å². The molecule has 0 amide bonds. The Morgan fingerprint density at radius 1 is 0.788 bits per heavy atom. The molecule has 0 aliphatic heterocycles. The molecule has 0 spiro atoms. The van der Waals surface area contributed by atoms with Gasteiger partial charge in [-0.1, -0.05) is 62.2 Å². The maximum absolute atomic E-state index is 12.5. The maximum atomic E-state index is 12.5. The standard InChI is InChI=1S/C30H34O3/c1-3-5-7-9-23-32-28-19-21-29(22-20-28)33-30(31)27-17-15-26(16-18-27)25-13-11-24(12-14-25)10-8-6-4-2/h3,11-22H,1,4-10,23H2,2H3. The third kappa shape index (κ3) is 7.94. The number of unbranched alkanes of at least 4 members (excludes halogenated alkanes) is 4. The van der Waals surface area contributed by atoms with Gasteiger partial charge in [-0.25, -0.2) is 4.79 Å². The van der Waals surface area contributed by atoms with Gasteiger partial charge in [0.2, 0.25) is 0 Å². The van der Waals surface area contributed by atoms with Crippen LogP contribution in [0.25, 0.3) is 11.1 Å². The van der Waals surface area contributed by atoms with Crippen molar-refractivity contribution in [2.45, 2.75) is 51.9 Å². The van der Waals surface area contributed by atoms with Crippen LogP contribution >= 0.6 is 0 Å². The lowest BCUT2D eigenvalue weighted by Crippen LogP contribution is -2.08. The van der Waals surface area contributed by atoms with Gasteiger partial charge in [-0.3, -0.25) is 0 Å². The van der Waals surface area contributed by atoms with Crippen LogP contribution in [0.5, 0.6) is 11.5 Å². The Morgan fingerprint density at radius 3 is 2.06 bits per heavy atom. The summed E-state index contributed by atoms with van der Waals surface area (Å²) in [6.07, 6.45) is 9.86. The van der Waals surface area contributed by atoms with Crippen molar-refractivity contribution in [3.8, 4) is 22.6 Å². The number of aryl methyl sites for hydroxylation is 1. The molecule has 3 nitrogen and oxygen atoms in total. The van der Waals surface area contributed by atoms with Crippen molar-refractivity contribution in [1.82, 2.24) is 0 Å². The first kappa shape index (κ1) is 24.3. The molecule has 0 aliphatic rings. The van der Waals surface area contributed by atoms with Crippen LogP contribution in [-0.2, 0) is 6.42 Å². The van der Waals surface area contributed by atoms with E-state index in [9.17, 15) is 4.79 Å². The number of benzene rings is 3. The Balaban J connectivity index is 1.51. The summed E-state index contributed by atoms with van der Waals surface area (Å²) in [5.74, 6) is 0.904. The van der Waals surface area contributed by atoms with Crippen LogP contribution in [0.4, 0.5) is 0 Å². The summed E-state index contributed by atoms with van der Waals surface area (Å²) in [4.78, 5) is 12.5. The second-order valence-electron chi connectivity index (χ2n) is 8.23. The smallest absolute Gasteiger partial charge is 0.343 e. The van der Waals surface area contributed by atoms with Gasteiger partial charge in [-0.15, -0.1) is 6.58 Å². The largest absolute Gasteiger partial charge is 0.494 e. The van der Waals surface area contributed by atoms with E-state index < -0.39 is 0 Å². The SMILES string of the molecule is C=CCCCCOc1ccc(OC(=O)c2ccc(-c3ccc(CCCCC)cc3)cc2)cc1. The van der Waals surface area contributed by atoms with Crippen LogP contribution in [0, 0.1) is 0 Å². The lowest BCUT2D eigenvalue weighted by molar-refractivity contribution is 0.0734. The van der Waals surface area contributed by atoms with Crippen molar-refractivity contribution >= 4 is 5.97 Å². The average molecular weight is 443 g/mol. The Bertz CT molecular complexity index is 986. The summed E-state index contributed by atoms with van der Waals surface area (Å²) in [5.41, 5.74) is 4.13. The van der Waals surface area contributed by atoms with Gasteiger partial charge in [-0.05, 0) is 85.2 Å². The fourth-order valence-corrected chi connectivity index (χ4v) is 3.59. The number of hydrogen-bond acceptors (Lipinski definition) is 3. The summed E-state index contributed by atoms with van der Waals surface area (Å²) in [5, 5.41) is 0. The Kier molecular flexibility index (Phi) is 9.78. The van der Waals surface area contributed by atoms with Gasteiger partial charge < -0.3 is 9.47 Å². The normalized spacial score (nSPS) is 10.6. The zero-order valence-corrected chi connectivity index (χ0v) is 19.6. The summed E-state index contributed by atoms with van der Waals surface area (Å²) in [6.45, 7) is 6.61. The first-order chi connectivity index (χ1) is 16.2. The topological polar surface area (TPSA) is 35.5 Å². The molecule has 0 N–H and O–H groups in total. The average Bonchev–Trinajstić information content (AvgIpc) is 2.85. The molecule has 33 heavy (non-hydrogen) atoms. The summed E-state index contributed by atoms with van der Waals surface area (Å²) >= 11 is 0. The minimum Gasteiger partial charge on any atom is -0.494 e. The zero-order chi connectivity index (χ0) is 23.3. The summed E-state index contributed by atoms with van der Waals surface area (Å²) < 4.78 is 11.2. The number of ether oxygens (including phenoxy) is 2. The van der Waals surface area contributed by atoms with Gasteiger partial charge in [0.05, 0.1) is 12.2 Å². The Hall–Kier alpha value is -3.33. The van der Waals surface area contributed by atoms with Crippen LogP contribution in [0.1, 0.15) is 61.4 Å². The third-order valence-electron chi connectivity index (χ3n) is 5.58. The van der Waals surface area contributed by atoms with Crippen molar-refractivity contribution in [3.05, 3.63) is 96.6 Å². The predicted molar refractivity (Wildman–Crippen MR) is 136 cm³/mol. The number of hydrogen-bond donors (Lipinski definition) is 0. The highest BCUT2D eigenvalue weighted by atomic mass is 16.5. The number of rotatable bonds is 13. The summed E-state index contributed by atoms with van der Waals surface area (Å²) in [7, 11) is 0. The van der Waals surface area contributed by atoms with Crippen molar-refractivity contribution < 1.29 is 14.3 Å². The predicted octanol–water partition coefficient (Wildman–Crippen LogP) is 8.04. The molecule has 3 heteroatoms. The van der Waals surface area contributed by atoms with Crippen LogP contribution in [0.2, 0.25) is 0 Å². The van der Waals surface area contributed by atoms with E-state index in [1.807, 2.05) is 42.5 Å². The highest BCUT2D eigenvalue weighted by molar-refractivity contribution is 5.91. The second-order valence-corrected chi connectivity index (χ2v) is 8.23. The van der Waals surface area contributed by atoms with Crippen molar-refractivity contribution in [2.24, 2.45) is 0 Å². The van der Waals surface area contributed by atoms with E-state index in [-0.39, 0.29) is 5.97 Å². The zero-order valence-electron chi connectivity index (χ0n) is 19.6. The van der Waals surface area contributed by atoms with Crippen molar-refractivity contribution in [2.75, 3.05) is 6.61 Å². The van der Waals surface area contributed by atoms with Gasteiger partial charge in [-0.2, -0.15) is 0 Å². The maximum Gasteiger partial charge on any atom is 0.343 e. The molecule has 172 valence electrons. The van der Waals surface area contributed by atoms with Gasteiger partial charge in [0.15, 0.2) is 0 Å². The molecule has 0 unspecified atom stereocenters. The van der Waals surface area contributed by atoms with Gasteiger partial charge in [0.25, 0.3) is 0 Å². The fraction of sp³-hybridized carbons (Fsp3) is 0.300. The first-order valence-electron chi connectivity index (χ1n) is 11.9. The molecule has 0 bridgehead atoms. The van der Waals surface area contributed by atoms with E-state index in [1.54, 1.807) is 12.1 Å². The van der Waals surface area contributed by atoms with Crippen molar-refractivity contribution in [1.29, 1.82) is 0 Å². The minimum absolute atomic E-state index is 0.370. The molecule has 3 rings (SSSR count). The lowest BCUT2D eigenvalue weighted by atomic mass is 10.0. The monoisotopic (exact) mass is 442 g/mol. The fourth-order valence-electron chi connectivity index (χ4n) is 3.59. The number of esters is 1. The van der Waals surface area contributed by atoms with E-state index in [1.165, 1.54) is 24.8 Å². The first-order valence-corrected chi connectivity index (χ1v) is 11.9. The van der Waals surface area contributed by atoms with Gasteiger partial charge in [0.1, 0.15) is 11.5 Å². The molecule has 0 heterocycles. The Labute approximate surface area is 198 Å². The molecule has 0 saturated carbocycles. The molecule has 0 fully saturated rings. The number of allylic oxidation sites excluding steroid dienone is 1. The highest BCUT2D eigenvalue weighted by Gasteiger charge is 2.09. The lowest BCUT2D eigenvalue weighted by Gasteiger charge is -2.08. The summed E-state index contributed by atoms with van der Waals surface area (Å²) in [6, 6.07) is 23.4. The molecule has 0 aliphatic carbocycles. The van der Waals surface area contributed by atoms with E-state index in [0.29, 0.717) is 17.9 Å². The second kappa shape index (κ2) is 13.3. The molecule has 0 atom stereocenters. The minimum atomic E-state index is -0.370. The molecule has 0 radical (unpaired) electrons. The molecule has 3 aromatic rings. The number of carbonyl (C=O) groups excluding carboxylic acids is 1. The van der Waals surface area contributed by atoms with E-state index in [2.05, 4.69) is 37.8 Å².